The van der Waals surface area contributed by atoms with Gasteiger partial charge < -0.3 is 4.90 Å². The quantitative estimate of drug-likeness (QED) is 0.823. The van der Waals surface area contributed by atoms with Crippen LogP contribution >= 0.6 is 0 Å². The largest absolute Gasteiger partial charge is 0.369 e. The summed E-state index contributed by atoms with van der Waals surface area (Å²) in [6, 6.07) is 9.95. The number of hydrogen-bond acceptors (Lipinski definition) is 3. The average Bonchev–Trinajstić information content (AvgIpc) is 2.46. The lowest BCUT2D eigenvalue weighted by Gasteiger charge is -2.35. The molecule has 0 unspecified atom stereocenters. The van der Waals surface area contributed by atoms with Gasteiger partial charge in [0, 0.05) is 31.9 Å². The minimum absolute atomic E-state index is 0.0846. The molecule has 1 aromatic rings. The number of halogens is 1. The molecular weight excluding hydrogens is 266 g/mol. The van der Waals surface area contributed by atoms with Gasteiger partial charge in [0.2, 0.25) is 10.0 Å². The molecule has 0 spiro atoms. The predicted octanol–water partition coefficient (Wildman–Crippen LogP) is 1.50. The Labute approximate surface area is 113 Å². The fraction of sp³-hybridized carbons (Fsp3) is 0.538. The molecule has 0 bridgehead atoms. The predicted molar refractivity (Wildman–Crippen MR) is 74.6 cm³/mol. The molecule has 6 heteroatoms. The van der Waals surface area contributed by atoms with Crippen molar-refractivity contribution < 1.29 is 12.8 Å². The Hall–Kier alpha value is -1.14. The molecule has 19 heavy (non-hydrogen) atoms. The molecule has 4 nitrogen and oxygen atoms in total. The lowest BCUT2D eigenvalue weighted by molar-refractivity contribution is 0.382. The highest BCUT2D eigenvalue weighted by Gasteiger charge is 2.26. The number of rotatable bonds is 5. The zero-order valence-electron chi connectivity index (χ0n) is 10.8. The summed E-state index contributed by atoms with van der Waals surface area (Å²) in [5, 5.41) is 0. The highest BCUT2D eigenvalue weighted by molar-refractivity contribution is 7.89. The summed E-state index contributed by atoms with van der Waals surface area (Å²) in [5.41, 5.74) is 1.11. The van der Waals surface area contributed by atoms with Crippen LogP contribution in [0, 0.1) is 0 Å². The Morgan fingerprint density at radius 2 is 1.68 bits per heavy atom. The fourth-order valence-electron chi connectivity index (χ4n) is 2.23. The Balaban J connectivity index is 1.92. The lowest BCUT2D eigenvalue weighted by atomic mass is 10.2. The van der Waals surface area contributed by atoms with Crippen molar-refractivity contribution in [3.05, 3.63) is 30.3 Å². The van der Waals surface area contributed by atoms with E-state index in [4.69, 9.17) is 0 Å². The molecule has 1 fully saturated rings. The number of sulfonamides is 1. The summed E-state index contributed by atoms with van der Waals surface area (Å²) in [4.78, 5) is 2.17. The van der Waals surface area contributed by atoms with E-state index in [1.807, 2.05) is 30.3 Å². The van der Waals surface area contributed by atoms with Gasteiger partial charge in [0.15, 0.2) is 0 Å². The van der Waals surface area contributed by atoms with Gasteiger partial charge in [-0.2, -0.15) is 4.31 Å². The van der Waals surface area contributed by atoms with Gasteiger partial charge in [-0.1, -0.05) is 18.2 Å². The van der Waals surface area contributed by atoms with Crippen molar-refractivity contribution in [1.82, 2.24) is 4.31 Å². The fourth-order valence-corrected chi connectivity index (χ4v) is 3.68. The highest BCUT2D eigenvalue weighted by Crippen LogP contribution is 2.17. The van der Waals surface area contributed by atoms with Gasteiger partial charge in [-0.05, 0) is 18.6 Å². The second-order valence-electron chi connectivity index (χ2n) is 4.58. The zero-order chi connectivity index (χ0) is 13.7. The standard InChI is InChI=1S/C13H19FN2O2S/c14-7-4-12-19(17,18)16-10-8-15(9-11-16)13-5-2-1-3-6-13/h1-3,5-6H,4,7-12H2/i14-1. The molecule has 0 aliphatic carbocycles. The van der Waals surface area contributed by atoms with Crippen molar-refractivity contribution in [3.8, 4) is 0 Å². The number of para-hydroxylation sites is 1. The van der Waals surface area contributed by atoms with Gasteiger partial charge in [-0.3, -0.25) is 4.39 Å². The maximum absolute atomic E-state index is 12.1. The molecule has 0 atom stereocenters. The van der Waals surface area contributed by atoms with Crippen molar-refractivity contribution in [3.63, 3.8) is 0 Å². The lowest BCUT2D eigenvalue weighted by Crippen LogP contribution is -2.49. The number of hydrogen-bond donors (Lipinski definition) is 0. The van der Waals surface area contributed by atoms with Crippen LogP contribution < -0.4 is 4.90 Å². The molecule has 0 saturated carbocycles. The van der Waals surface area contributed by atoms with Gasteiger partial charge in [-0.15, -0.1) is 0 Å². The summed E-state index contributed by atoms with van der Waals surface area (Å²) >= 11 is 0. The van der Waals surface area contributed by atoms with Crippen LogP contribution in [0.15, 0.2) is 30.3 Å². The van der Waals surface area contributed by atoms with E-state index in [0.717, 1.165) is 5.69 Å². The van der Waals surface area contributed by atoms with Crippen LogP contribution in [0.5, 0.6) is 0 Å². The van der Waals surface area contributed by atoms with Crippen LogP contribution in [0.4, 0.5) is 10.1 Å². The van der Waals surface area contributed by atoms with E-state index >= 15 is 0 Å². The Bertz CT molecular complexity index is 485. The first-order chi connectivity index (χ1) is 9.13. The van der Waals surface area contributed by atoms with Gasteiger partial charge in [0.1, 0.15) is 0 Å². The van der Waals surface area contributed by atoms with Crippen LogP contribution in [0.25, 0.3) is 0 Å². The Kier molecular flexibility index (Phi) is 4.76. The van der Waals surface area contributed by atoms with Crippen LogP contribution in [0.3, 0.4) is 0 Å². The minimum atomic E-state index is -3.28. The van der Waals surface area contributed by atoms with Crippen LogP contribution in [-0.2, 0) is 10.0 Å². The van der Waals surface area contributed by atoms with Crippen molar-refractivity contribution in [2.75, 3.05) is 43.5 Å². The first-order valence-electron chi connectivity index (χ1n) is 6.47. The second kappa shape index (κ2) is 6.34. The molecule has 1 aliphatic rings. The van der Waals surface area contributed by atoms with E-state index in [0.29, 0.717) is 26.2 Å². The normalized spacial score (nSPS) is 17.6. The summed E-state index contributed by atoms with van der Waals surface area (Å²) in [6.45, 7) is 1.73. The molecule has 1 aromatic carbocycles. The van der Waals surface area contributed by atoms with E-state index in [9.17, 15) is 12.8 Å². The van der Waals surface area contributed by atoms with E-state index in [2.05, 4.69) is 4.90 Å². The zero-order valence-corrected chi connectivity index (χ0v) is 11.7. The molecule has 1 saturated heterocycles. The average molecular weight is 285 g/mol. The molecular formula is C13H19FN2O2S. The second-order valence-corrected chi connectivity index (χ2v) is 6.67. The van der Waals surface area contributed by atoms with Gasteiger partial charge in [0.25, 0.3) is 0 Å². The maximum atomic E-state index is 12.1. The third-order valence-electron chi connectivity index (χ3n) is 3.29. The summed E-state index contributed by atoms with van der Waals surface area (Å²) in [6.07, 6.45) is 0.0846. The molecule has 1 aliphatic heterocycles. The van der Waals surface area contributed by atoms with Crippen molar-refractivity contribution in [2.24, 2.45) is 0 Å². The molecule has 0 radical (unpaired) electrons. The summed E-state index contributed by atoms with van der Waals surface area (Å²) < 4.78 is 37.4. The number of piperazine rings is 1. The number of alkyl halides is 1. The molecule has 0 aromatic heterocycles. The minimum Gasteiger partial charge on any atom is -0.369 e. The molecule has 0 N–H and O–H groups in total. The number of anilines is 1. The number of benzene rings is 1. The maximum Gasteiger partial charge on any atom is 0.214 e. The smallest absolute Gasteiger partial charge is 0.214 e. The first kappa shape index (κ1) is 14.3. The third-order valence-corrected chi connectivity index (χ3v) is 5.25. The molecule has 0 amide bonds. The van der Waals surface area contributed by atoms with Crippen molar-refractivity contribution in [1.29, 1.82) is 0 Å². The van der Waals surface area contributed by atoms with Crippen molar-refractivity contribution in [2.45, 2.75) is 6.42 Å². The van der Waals surface area contributed by atoms with Crippen LogP contribution in [-0.4, -0.2) is 51.3 Å². The molecule has 1 heterocycles. The van der Waals surface area contributed by atoms with Crippen LogP contribution in [0.1, 0.15) is 6.42 Å². The first-order valence-corrected chi connectivity index (χ1v) is 8.08. The molecule has 106 valence electrons. The van der Waals surface area contributed by atoms with Gasteiger partial charge in [-0.25, -0.2) is 8.42 Å². The van der Waals surface area contributed by atoms with Crippen molar-refractivity contribution >= 4 is 15.7 Å². The number of nitrogens with zero attached hydrogens (tertiary/aromatic N) is 2. The van der Waals surface area contributed by atoms with E-state index < -0.39 is 16.7 Å². The van der Waals surface area contributed by atoms with E-state index in [1.165, 1.54) is 4.31 Å². The third kappa shape index (κ3) is 3.67. The van der Waals surface area contributed by atoms with Gasteiger partial charge >= 0.3 is 0 Å². The highest BCUT2D eigenvalue weighted by atomic mass is 32.2. The Morgan fingerprint density at radius 1 is 1.05 bits per heavy atom. The van der Waals surface area contributed by atoms with E-state index in [1.54, 1.807) is 0 Å². The van der Waals surface area contributed by atoms with Crippen LogP contribution in [0.2, 0.25) is 0 Å². The SMILES string of the molecule is O=S(=O)(CCC[18F])N1CCN(c2ccccc2)CC1. The summed E-state index contributed by atoms with van der Waals surface area (Å²) in [5.74, 6) is -0.0885. The summed E-state index contributed by atoms with van der Waals surface area (Å²) in [7, 11) is -3.28. The van der Waals surface area contributed by atoms with E-state index in [-0.39, 0.29) is 12.2 Å². The topological polar surface area (TPSA) is 40.6 Å². The monoisotopic (exact) mass is 285 g/mol. The Morgan fingerprint density at radius 3 is 2.26 bits per heavy atom. The molecule has 2 rings (SSSR count). The van der Waals surface area contributed by atoms with Gasteiger partial charge in [0.05, 0.1) is 12.4 Å².